The first kappa shape index (κ1) is 16.5. The Morgan fingerprint density at radius 1 is 1.42 bits per heavy atom. The number of hydrogen-bond acceptors (Lipinski definition) is 6. The lowest BCUT2D eigenvalue weighted by Crippen LogP contribution is -2.32. The fourth-order valence-corrected chi connectivity index (χ4v) is 3.27. The van der Waals surface area contributed by atoms with Crippen molar-refractivity contribution in [1.82, 2.24) is 25.1 Å². The number of amides is 1. The standard InChI is InChI=1S/C15H19ClN6O2/c1-17-14(23)11-8-22(7-10(11)9-4-19-21(2)6-9)13-12(16)5-18-15(20-13)24-3/h4-6,10-11H,7-8H2,1-3H3,(H,17,23)/t10-,11+/m1/s1. The van der Waals surface area contributed by atoms with Crippen molar-refractivity contribution < 1.29 is 9.53 Å². The Hall–Kier alpha value is -2.35. The first-order chi connectivity index (χ1) is 11.5. The van der Waals surface area contributed by atoms with Crippen LogP contribution in [0.25, 0.3) is 0 Å². The molecule has 1 amide bonds. The third kappa shape index (κ3) is 3.01. The van der Waals surface area contributed by atoms with Crippen LogP contribution in [0.1, 0.15) is 11.5 Å². The fourth-order valence-electron chi connectivity index (χ4n) is 3.06. The normalized spacial score (nSPS) is 20.2. The van der Waals surface area contributed by atoms with Crippen molar-refractivity contribution in [3.8, 4) is 6.01 Å². The van der Waals surface area contributed by atoms with Crippen molar-refractivity contribution in [3.63, 3.8) is 0 Å². The summed E-state index contributed by atoms with van der Waals surface area (Å²) in [6, 6.07) is 0.246. The van der Waals surface area contributed by atoms with Gasteiger partial charge >= 0.3 is 6.01 Å². The van der Waals surface area contributed by atoms with Gasteiger partial charge in [-0.2, -0.15) is 10.1 Å². The zero-order valence-electron chi connectivity index (χ0n) is 13.7. The maximum Gasteiger partial charge on any atom is 0.318 e. The van der Waals surface area contributed by atoms with Crippen LogP contribution >= 0.6 is 11.6 Å². The number of aromatic nitrogens is 4. The molecule has 0 spiro atoms. The molecule has 0 saturated carbocycles. The van der Waals surface area contributed by atoms with E-state index in [0.29, 0.717) is 23.9 Å². The Bertz CT molecular complexity index is 749. The number of nitrogens with one attached hydrogen (secondary N) is 1. The van der Waals surface area contributed by atoms with Gasteiger partial charge in [0.1, 0.15) is 5.02 Å². The number of aryl methyl sites for hydroxylation is 1. The number of carbonyl (C=O) groups is 1. The lowest BCUT2D eigenvalue weighted by molar-refractivity contribution is -0.124. The summed E-state index contributed by atoms with van der Waals surface area (Å²) in [7, 11) is 5.01. The van der Waals surface area contributed by atoms with Gasteiger partial charge in [0, 0.05) is 39.3 Å². The fraction of sp³-hybridized carbons (Fsp3) is 0.467. The zero-order valence-corrected chi connectivity index (χ0v) is 14.5. The lowest BCUT2D eigenvalue weighted by atomic mass is 9.90. The van der Waals surface area contributed by atoms with Crippen LogP contribution in [-0.2, 0) is 11.8 Å². The van der Waals surface area contributed by atoms with E-state index < -0.39 is 0 Å². The second kappa shape index (κ2) is 6.64. The van der Waals surface area contributed by atoms with Crippen molar-refractivity contribution in [2.45, 2.75) is 5.92 Å². The number of ether oxygens (including phenoxy) is 1. The first-order valence-corrected chi connectivity index (χ1v) is 7.93. The van der Waals surface area contributed by atoms with E-state index in [1.54, 1.807) is 17.9 Å². The SMILES string of the molecule is CNC(=O)[C@H]1CN(c2nc(OC)ncc2Cl)C[C@@H]1c1cnn(C)c1. The Morgan fingerprint density at radius 2 is 2.21 bits per heavy atom. The number of nitrogens with zero attached hydrogens (tertiary/aromatic N) is 5. The summed E-state index contributed by atoms with van der Waals surface area (Å²) in [4.78, 5) is 22.7. The van der Waals surface area contributed by atoms with E-state index in [1.807, 2.05) is 18.1 Å². The van der Waals surface area contributed by atoms with Crippen molar-refractivity contribution in [3.05, 3.63) is 29.2 Å². The number of rotatable bonds is 4. The highest BCUT2D eigenvalue weighted by atomic mass is 35.5. The van der Waals surface area contributed by atoms with Crippen LogP contribution in [0.15, 0.2) is 18.6 Å². The Morgan fingerprint density at radius 3 is 2.83 bits per heavy atom. The summed E-state index contributed by atoms with van der Waals surface area (Å²) in [5, 5.41) is 7.39. The number of methoxy groups -OCH3 is 1. The van der Waals surface area contributed by atoms with Crippen molar-refractivity contribution >= 4 is 23.3 Å². The van der Waals surface area contributed by atoms with E-state index in [1.165, 1.54) is 13.3 Å². The van der Waals surface area contributed by atoms with Crippen LogP contribution in [0, 0.1) is 5.92 Å². The number of halogens is 1. The van der Waals surface area contributed by atoms with E-state index >= 15 is 0 Å². The summed E-state index contributed by atoms with van der Waals surface area (Å²) >= 11 is 6.25. The van der Waals surface area contributed by atoms with E-state index in [-0.39, 0.29) is 23.8 Å². The number of anilines is 1. The van der Waals surface area contributed by atoms with Gasteiger partial charge in [0.15, 0.2) is 5.82 Å². The Labute approximate surface area is 144 Å². The Balaban J connectivity index is 1.93. The molecular weight excluding hydrogens is 332 g/mol. The van der Waals surface area contributed by atoms with E-state index in [9.17, 15) is 4.79 Å². The van der Waals surface area contributed by atoms with Crippen molar-refractivity contribution in [1.29, 1.82) is 0 Å². The molecule has 8 nitrogen and oxygen atoms in total. The monoisotopic (exact) mass is 350 g/mol. The largest absolute Gasteiger partial charge is 0.467 e. The molecule has 0 unspecified atom stereocenters. The van der Waals surface area contributed by atoms with Crippen molar-refractivity contribution in [2.24, 2.45) is 13.0 Å². The van der Waals surface area contributed by atoms with E-state index in [4.69, 9.17) is 16.3 Å². The number of carbonyl (C=O) groups excluding carboxylic acids is 1. The predicted octanol–water partition coefficient (Wildman–Crippen LogP) is 0.838. The minimum absolute atomic E-state index is 0.00989. The van der Waals surface area contributed by atoms with Gasteiger partial charge in [-0.3, -0.25) is 9.48 Å². The smallest absolute Gasteiger partial charge is 0.318 e. The Kier molecular flexibility index (Phi) is 4.57. The molecule has 9 heteroatoms. The van der Waals surface area contributed by atoms with Crippen LogP contribution in [0.4, 0.5) is 5.82 Å². The second-order valence-corrected chi connectivity index (χ2v) is 6.12. The van der Waals surface area contributed by atoms with E-state index in [0.717, 1.165) is 5.56 Å². The third-order valence-electron chi connectivity index (χ3n) is 4.24. The maximum absolute atomic E-state index is 12.3. The van der Waals surface area contributed by atoms with Crippen LogP contribution in [0.2, 0.25) is 5.02 Å². The summed E-state index contributed by atoms with van der Waals surface area (Å²) in [6.07, 6.45) is 5.24. The molecule has 2 atom stereocenters. The van der Waals surface area contributed by atoms with Gasteiger partial charge in [0.2, 0.25) is 5.91 Å². The minimum Gasteiger partial charge on any atom is -0.467 e. The van der Waals surface area contributed by atoms with Gasteiger partial charge in [0.05, 0.1) is 25.4 Å². The van der Waals surface area contributed by atoms with Gasteiger partial charge in [-0.1, -0.05) is 11.6 Å². The van der Waals surface area contributed by atoms with Gasteiger partial charge in [-0.15, -0.1) is 0 Å². The molecule has 0 radical (unpaired) electrons. The van der Waals surface area contributed by atoms with E-state index in [2.05, 4.69) is 20.4 Å². The molecule has 2 aromatic heterocycles. The molecule has 0 aliphatic carbocycles. The molecular formula is C15H19ClN6O2. The zero-order chi connectivity index (χ0) is 17.3. The molecule has 2 aromatic rings. The van der Waals surface area contributed by atoms with Crippen molar-refractivity contribution in [2.75, 3.05) is 32.1 Å². The third-order valence-corrected chi connectivity index (χ3v) is 4.51. The quantitative estimate of drug-likeness (QED) is 0.879. The number of hydrogen-bond donors (Lipinski definition) is 1. The molecule has 0 bridgehead atoms. The highest BCUT2D eigenvalue weighted by Gasteiger charge is 2.40. The maximum atomic E-state index is 12.3. The summed E-state index contributed by atoms with van der Waals surface area (Å²) in [6.45, 7) is 1.13. The minimum atomic E-state index is -0.212. The van der Waals surface area contributed by atoms with Gasteiger partial charge in [-0.25, -0.2) is 4.98 Å². The highest BCUT2D eigenvalue weighted by molar-refractivity contribution is 6.32. The predicted molar refractivity (Wildman–Crippen MR) is 89.3 cm³/mol. The molecule has 1 aliphatic heterocycles. The van der Waals surface area contributed by atoms with Gasteiger partial charge in [0.25, 0.3) is 0 Å². The molecule has 1 N–H and O–H groups in total. The lowest BCUT2D eigenvalue weighted by Gasteiger charge is -2.18. The van der Waals surface area contributed by atoms with Crippen LogP contribution in [0.5, 0.6) is 6.01 Å². The van der Waals surface area contributed by atoms with Gasteiger partial charge in [-0.05, 0) is 5.56 Å². The molecule has 128 valence electrons. The molecule has 1 saturated heterocycles. The van der Waals surface area contributed by atoms with Crippen LogP contribution in [-0.4, -0.2) is 52.9 Å². The summed E-state index contributed by atoms with van der Waals surface area (Å²) in [5.41, 5.74) is 1.02. The molecule has 1 fully saturated rings. The summed E-state index contributed by atoms with van der Waals surface area (Å²) < 4.78 is 6.82. The summed E-state index contributed by atoms with van der Waals surface area (Å²) in [5.74, 6) is 0.360. The topological polar surface area (TPSA) is 85.2 Å². The van der Waals surface area contributed by atoms with Crippen LogP contribution < -0.4 is 15.0 Å². The average Bonchev–Trinajstić information content (AvgIpc) is 3.21. The van der Waals surface area contributed by atoms with Crippen LogP contribution in [0.3, 0.4) is 0 Å². The molecule has 3 heterocycles. The van der Waals surface area contributed by atoms with Gasteiger partial charge < -0.3 is 15.0 Å². The molecule has 0 aromatic carbocycles. The first-order valence-electron chi connectivity index (χ1n) is 7.55. The second-order valence-electron chi connectivity index (χ2n) is 5.71. The average molecular weight is 351 g/mol. The molecule has 1 aliphatic rings. The molecule has 3 rings (SSSR count). The highest BCUT2D eigenvalue weighted by Crippen LogP contribution is 2.37. The molecule has 24 heavy (non-hydrogen) atoms.